The fourth-order valence-corrected chi connectivity index (χ4v) is 2.42. The second-order valence-electron chi connectivity index (χ2n) is 3.44. The molecule has 6 heteroatoms. The van der Waals surface area contributed by atoms with Gasteiger partial charge in [0.1, 0.15) is 0 Å². The predicted octanol–water partition coefficient (Wildman–Crippen LogP) is 0.555. The monoisotopic (exact) mass is 231 g/mol. The van der Waals surface area contributed by atoms with E-state index in [-0.39, 0.29) is 5.75 Å². The molecule has 5 nitrogen and oxygen atoms in total. The number of hydrogen-bond acceptors (Lipinski definition) is 3. The number of imidazole rings is 1. The van der Waals surface area contributed by atoms with Crippen molar-refractivity contribution in [2.24, 2.45) is 0 Å². The molecule has 1 aromatic heterocycles. The summed E-state index contributed by atoms with van der Waals surface area (Å²) in [5.74, 6) is 0.216. The summed E-state index contributed by atoms with van der Waals surface area (Å²) in [5, 5.41) is 0. The molecule has 86 valence electrons. The summed E-state index contributed by atoms with van der Waals surface area (Å²) < 4.78 is 26.4. The highest BCUT2D eigenvalue weighted by atomic mass is 32.2. The van der Waals surface area contributed by atoms with Crippen LogP contribution in [0.3, 0.4) is 0 Å². The second-order valence-corrected chi connectivity index (χ2v) is 5.63. The molecule has 0 radical (unpaired) electrons. The lowest BCUT2D eigenvalue weighted by Crippen LogP contribution is -2.31. The van der Waals surface area contributed by atoms with Crippen LogP contribution in [-0.4, -0.2) is 41.6 Å². The molecular weight excluding hydrogens is 214 g/mol. The van der Waals surface area contributed by atoms with Crippen molar-refractivity contribution in [3.8, 4) is 0 Å². The SMILES string of the molecule is CCCS(=O)(=O)N(C)CCn1ccnc1. The Kier molecular flexibility index (Phi) is 4.28. The molecule has 0 bridgehead atoms. The summed E-state index contributed by atoms with van der Waals surface area (Å²) in [5.41, 5.74) is 0. The Morgan fingerprint density at radius 2 is 2.20 bits per heavy atom. The zero-order valence-corrected chi connectivity index (χ0v) is 9.94. The van der Waals surface area contributed by atoms with E-state index in [2.05, 4.69) is 4.98 Å². The van der Waals surface area contributed by atoms with Gasteiger partial charge in [-0.3, -0.25) is 0 Å². The molecule has 0 aromatic carbocycles. The predicted molar refractivity (Wildman–Crippen MR) is 58.9 cm³/mol. The lowest BCUT2D eigenvalue weighted by molar-refractivity contribution is 0.445. The first-order chi connectivity index (χ1) is 7.06. The molecule has 0 saturated heterocycles. The van der Waals surface area contributed by atoms with Crippen molar-refractivity contribution in [1.82, 2.24) is 13.9 Å². The maximum atomic E-state index is 11.6. The number of likely N-dealkylation sites (N-methyl/N-ethyl adjacent to an activating group) is 1. The van der Waals surface area contributed by atoms with Crippen molar-refractivity contribution in [2.45, 2.75) is 19.9 Å². The molecule has 0 aliphatic rings. The minimum atomic E-state index is -3.06. The van der Waals surface area contributed by atoms with Gasteiger partial charge in [-0.05, 0) is 6.42 Å². The molecule has 0 aliphatic heterocycles. The molecule has 0 fully saturated rings. The van der Waals surface area contributed by atoms with Crippen LogP contribution in [0, 0.1) is 0 Å². The first kappa shape index (κ1) is 12.2. The van der Waals surface area contributed by atoms with E-state index in [4.69, 9.17) is 0 Å². The van der Waals surface area contributed by atoms with E-state index in [0.717, 1.165) is 0 Å². The van der Waals surface area contributed by atoms with Gasteiger partial charge in [-0.2, -0.15) is 0 Å². The Labute approximate surface area is 90.8 Å². The zero-order chi connectivity index (χ0) is 11.3. The van der Waals surface area contributed by atoms with Crippen LogP contribution in [0.2, 0.25) is 0 Å². The number of nitrogens with zero attached hydrogens (tertiary/aromatic N) is 3. The number of aromatic nitrogens is 2. The molecule has 1 heterocycles. The van der Waals surface area contributed by atoms with Crippen LogP contribution in [-0.2, 0) is 16.6 Å². The molecular formula is C9H17N3O2S. The van der Waals surface area contributed by atoms with Crippen molar-refractivity contribution in [3.05, 3.63) is 18.7 Å². The van der Waals surface area contributed by atoms with Gasteiger partial charge in [0.25, 0.3) is 0 Å². The highest BCUT2D eigenvalue weighted by Crippen LogP contribution is 2.00. The second kappa shape index (κ2) is 5.27. The average molecular weight is 231 g/mol. The number of hydrogen-bond donors (Lipinski definition) is 0. The molecule has 0 unspecified atom stereocenters. The van der Waals surface area contributed by atoms with Crippen LogP contribution in [0.25, 0.3) is 0 Å². The molecule has 0 N–H and O–H groups in total. The molecule has 0 atom stereocenters. The van der Waals surface area contributed by atoms with Crippen LogP contribution >= 0.6 is 0 Å². The molecule has 0 aliphatic carbocycles. The van der Waals surface area contributed by atoms with Crippen molar-refractivity contribution >= 4 is 10.0 Å². The van der Waals surface area contributed by atoms with Crippen LogP contribution < -0.4 is 0 Å². The molecule has 0 amide bonds. The average Bonchev–Trinajstić information content (AvgIpc) is 2.66. The number of sulfonamides is 1. The molecule has 15 heavy (non-hydrogen) atoms. The van der Waals surface area contributed by atoms with Crippen molar-refractivity contribution in [2.75, 3.05) is 19.3 Å². The fraction of sp³-hybridized carbons (Fsp3) is 0.667. The van der Waals surface area contributed by atoms with Crippen LogP contribution in [0.15, 0.2) is 18.7 Å². The minimum absolute atomic E-state index is 0.216. The minimum Gasteiger partial charge on any atom is -0.336 e. The standard InChI is InChI=1S/C9H17N3O2S/c1-3-8-15(13,14)11(2)6-7-12-5-4-10-9-12/h4-5,9H,3,6-8H2,1-2H3. The third-order valence-corrected chi connectivity index (χ3v) is 4.23. The van der Waals surface area contributed by atoms with Crippen molar-refractivity contribution in [3.63, 3.8) is 0 Å². The summed E-state index contributed by atoms with van der Waals surface area (Å²) in [7, 11) is -1.45. The quantitative estimate of drug-likeness (QED) is 0.718. The maximum Gasteiger partial charge on any atom is 0.213 e. The van der Waals surface area contributed by atoms with Gasteiger partial charge in [-0.25, -0.2) is 17.7 Å². The van der Waals surface area contributed by atoms with Gasteiger partial charge in [-0.1, -0.05) is 6.92 Å². The van der Waals surface area contributed by atoms with E-state index in [0.29, 0.717) is 19.5 Å². The van der Waals surface area contributed by atoms with Gasteiger partial charge in [0, 0.05) is 32.5 Å². The Hall–Kier alpha value is -0.880. The van der Waals surface area contributed by atoms with E-state index in [1.807, 2.05) is 17.7 Å². The summed E-state index contributed by atoms with van der Waals surface area (Å²) in [6.07, 6.45) is 5.83. The van der Waals surface area contributed by atoms with Gasteiger partial charge >= 0.3 is 0 Å². The van der Waals surface area contributed by atoms with Crippen LogP contribution in [0.4, 0.5) is 0 Å². The Bertz CT molecular complexity index is 372. The topological polar surface area (TPSA) is 55.2 Å². The molecule has 0 saturated carbocycles. The molecule has 1 aromatic rings. The number of rotatable bonds is 6. The summed E-state index contributed by atoms with van der Waals surface area (Å²) in [6, 6.07) is 0. The summed E-state index contributed by atoms with van der Waals surface area (Å²) in [6.45, 7) is 2.99. The first-order valence-electron chi connectivity index (χ1n) is 4.96. The van der Waals surface area contributed by atoms with E-state index in [9.17, 15) is 8.42 Å². The third kappa shape index (κ3) is 3.64. The fourth-order valence-electron chi connectivity index (χ4n) is 1.23. The van der Waals surface area contributed by atoms with E-state index < -0.39 is 10.0 Å². The van der Waals surface area contributed by atoms with Gasteiger partial charge in [0.2, 0.25) is 10.0 Å². The van der Waals surface area contributed by atoms with Crippen LogP contribution in [0.1, 0.15) is 13.3 Å². The smallest absolute Gasteiger partial charge is 0.213 e. The Morgan fingerprint density at radius 3 is 2.73 bits per heavy atom. The first-order valence-corrected chi connectivity index (χ1v) is 6.57. The van der Waals surface area contributed by atoms with E-state index >= 15 is 0 Å². The lowest BCUT2D eigenvalue weighted by atomic mass is 10.6. The largest absolute Gasteiger partial charge is 0.336 e. The lowest BCUT2D eigenvalue weighted by Gasteiger charge is -2.16. The zero-order valence-electron chi connectivity index (χ0n) is 9.13. The van der Waals surface area contributed by atoms with Gasteiger partial charge < -0.3 is 4.57 Å². The Morgan fingerprint density at radius 1 is 1.47 bits per heavy atom. The van der Waals surface area contributed by atoms with Gasteiger partial charge in [0.05, 0.1) is 12.1 Å². The molecule has 0 spiro atoms. The van der Waals surface area contributed by atoms with Gasteiger partial charge in [-0.15, -0.1) is 0 Å². The van der Waals surface area contributed by atoms with Crippen molar-refractivity contribution < 1.29 is 8.42 Å². The van der Waals surface area contributed by atoms with Gasteiger partial charge in [0.15, 0.2) is 0 Å². The van der Waals surface area contributed by atoms with Crippen LogP contribution in [0.5, 0.6) is 0 Å². The molecule has 1 rings (SSSR count). The third-order valence-electron chi connectivity index (χ3n) is 2.17. The maximum absolute atomic E-state index is 11.6. The summed E-state index contributed by atoms with van der Waals surface area (Å²) >= 11 is 0. The van der Waals surface area contributed by atoms with E-state index in [1.54, 1.807) is 19.6 Å². The normalized spacial score (nSPS) is 12.2. The Balaban J connectivity index is 2.45. The van der Waals surface area contributed by atoms with Crippen molar-refractivity contribution in [1.29, 1.82) is 0 Å². The highest BCUT2D eigenvalue weighted by Gasteiger charge is 2.15. The highest BCUT2D eigenvalue weighted by molar-refractivity contribution is 7.89. The van der Waals surface area contributed by atoms with E-state index in [1.165, 1.54) is 4.31 Å². The summed E-state index contributed by atoms with van der Waals surface area (Å²) in [4.78, 5) is 3.89.